The van der Waals surface area contributed by atoms with E-state index in [2.05, 4.69) is 15.0 Å². The van der Waals surface area contributed by atoms with Crippen LogP contribution in [0.3, 0.4) is 0 Å². The number of hydrogen-bond donors (Lipinski definition) is 2. The Morgan fingerprint density at radius 2 is 2.08 bits per heavy atom. The molecule has 0 bridgehead atoms. The van der Waals surface area contributed by atoms with Crippen LogP contribution in [0.5, 0.6) is 0 Å². The van der Waals surface area contributed by atoms with Crippen molar-refractivity contribution in [3.8, 4) is 11.1 Å². The SMILES string of the molecule is OCCC1CCCCN1c1ccnc2c(-c3cccc(CO)c3)cnn12. The van der Waals surface area contributed by atoms with Crippen LogP contribution in [0.4, 0.5) is 5.82 Å². The van der Waals surface area contributed by atoms with Crippen LogP contribution in [-0.2, 0) is 6.61 Å². The molecule has 3 aromatic rings. The molecule has 0 amide bonds. The lowest BCUT2D eigenvalue weighted by atomic mass is 9.99. The lowest BCUT2D eigenvalue weighted by molar-refractivity contribution is 0.262. The quantitative estimate of drug-likeness (QED) is 0.738. The van der Waals surface area contributed by atoms with Gasteiger partial charge in [0.15, 0.2) is 5.65 Å². The maximum absolute atomic E-state index is 9.42. The number of hydrogen-bond acceptors (Lipinski definition) is 5. The van der Waals surface area contributed by atoms with Gasteiger partial charge in [0.05, 0.1) is 12.8 Å². The van der Waals surface area contributed by atoms with Gasteiger partial charge in [0.25, 0.3) is 0 Å². The Morgan fingerprint density at radius 3 is 2.92 bits per heavy atom. The summed E-state index contributed by atoms with van der Waals surface area (Å²) in [6, 6.07) is 10.2. The Balaban J connectivity index is 1.77. The van der Waals surface area contributed by atoms with Gasteiger partial charge in [-0.3, -0.25) is 0 Å². The summed E-state index contributed by atoms with van der Waals surface area (Å²) in [7, 11) is 0. The minimum atomic E-state index is 0.0162. The van der Waals surface area contributed by atoms with E-state index < -0.39 is 0 Å². The predicted molar refractivity (Wildman–Crippen MR) is 101 cm³/mol. The van der Waals surface area contributed by atoms with Gasteiger partial charge >= 0.3 is 0 Å². The second-order valence-corrected chi connectivity index (χ2v) is 6.81. The molecule has 136 valence electrons. The summed E-state index contributed by atoms with van der Waals surface area (Å²) >= 11 is 0. The van der Waals surface area contributed by atoms with Gasteiger partial charge in [0.1, 0.15) is 5.82 Å². The molecule has 1 unspecified atom stereocenters. The Labute approximate surface area is 152 Å². The molecule has 0 aliphatic carbocycles. The minimum absolute atomic E-state index is 0.0162. The number of nitrogens with zero attached hydrogens (tertiary/aromatic N) is 4. The first-order chi connectivity index (χ1) is 12.8. The summed E-state index contributed by atoms with van der Waals surface area (Å²) in [6.45, 7) is 1.19. The summed E-state index contributed by atoms with van der Waals surface area (Å²) in [5, 5.41) is 23.4. The second-order valence-electron chi connectivity index (χ2n) is 6.81. The smallest absolute Gasteiger partial charge is 0.165 e. The van der Waals surface area contributed by atoms with Crippen molar-refractivity contribution in [2.75, 3.05) is 18.1 Å². The number of anilines is 1. The first kappa shape index (κ1) is 17.0. The molecule has 1 saturated heterocycles. The van der Waals surface area contributed by atoms with E-state index in [-0.39, 0.29) is 13.2 Å². The molecule has 1 atom stereocenters. The lowest BCUT2D eigenvalue weighted by Crippen LogP contribution is -2.41. The fourth-order valence-corrected chi connectivity index (χ4v) is 3.89. The van der Waals surface area contributed by atoms with Crippen molar-refractivity contribution in [2.45, 2.75) is 38.3 Å². The van der Waals surface area contributed by atoms with Gasteiger partial charge in [-0.25, -0.2) is 4.98 Å². The summed E-state index contributed by atoms with van der Waals surface area (Å²) in [6.07, 6.45) is 7.89. The van der Waals surface area contributed by atoms with Gasteiger partial charge in [-0.15, -0.1) is 0 Å². The molecular weight excluding hydrogens is 328 g/mol. The van der Waals surface area contributed by atoms with Gasteiger partial charge in [0.2, 0.25) is 0 Å². The number of piperidine rings is 1. The molecule has 6 heteroatoms. The summed E-state index contributed by atoms with van der Waals surface area (Å²) < 4.78 is 1.90. The van der Waals surface area contributed by atoms with E-state index in [4.69, 9.17) is 0 Å². The molecule has 4 rings (SSSR count). The fraction of sp³-hybridized carbons (Fsp3) is 0.400. The molecule has 0 spiro atoms. The van der Waals surface area contributed by atoms with Crippen LogP contribution >= 0.6 is 0 Å². The van der Waals surface area contributed by atoms with Crippen LogP contribution in [0.2, 0.25) is 0 Å². The minimum Gasteiger partial charge on any atom is -0.396 e. The zero-order valence-electron chi connectivity index (χ0n) is 14.8. The third kappa shape index (κ3) is 3.06. The van der Waals surface area contributed by atoms with Gasteiger partial charge in [0, 0.05) is 31.0 Å². The summed E-state index contributed by atoms with van der Waals surface area (Å²) in [4.78, 5) is 6.92. The van der Waals surface area contributed by atoms with E-state index in [0.717, 1.165) is 54.0 Å². The predicted octanol–water partition coefficient (Wildman–Crippen LogP) is 2.63. The van der Waals surface area contributed by atoms with E-state index in [1.54, 1.807) is 0 Å². The maximum Gasteiger partial charge on any atom is 0.165 e. The molecule has 1 aliphatic rings. The summed E-state index contributed by atoms with van der Waals surface area (Å²) in [5.41, 5.74) is 3.64. The van der Waals surface area contributed by atoms with E-state index in [0.29, 0.717) is 6.04 Å². The Kier molecular flexibility index (Phi) is 4.86. The molecule has 1 aromatic carbocycles. The molecule has 0 radical (unpaired) electrons. The van der Waals surface area contributed by atoms with E-state index in [1.165, 1.54) is 6.42 Å². The number of fused-ring (bicyclic) bond motifs is 1. The van der Waals surface area contributed by atoms with Crippen molar-refractivity contribution in [2.24, 2.45) is 0 Å². The third-order valence-corrected chi connectivity index (χ3v) is 5.19. The highest BCUT2D eigenvalue weighted by atomic mass is 16.3. The lowest BCUT2D eigenvalue weighted by Gasteiger charge is -2.37. The highest BCUT2D eigenvalue weighted by Crippen LogP contribution is 2.30. The highest BCUT2D eigenvalue weighted by molar-refractivity contribution is 5.78. The highest BCUT2D eigenvalue weighted by Gasteiger charge is 2.25. The molecular formula is C20H24N4O2. The fourth-order valence-electron chi connectivity index (χ4n) is 3.89. The monoisotopic (exact) mass is 352 g/mol. The summed E-state index contributed by atoms with van der Waals surface area (Å²) in [5.74, 6) is 1.03. The van der Waals surface area contributed by atoms with Crippen molar-refractivity contribution in [1.82, 2.24) is 14.6 Å². The zero-order valence-corrected chi connectivity index (χ0v) is 14.8. The van der Waals surface area contributed by atoms with Gasteiger partial charge in [-0.2, -0.15) is 9.61 Å². The first-order valence-corrected chi connectivity index (χ1v) is 9.22. The van der Waals surface area contributed by atoms with Crippen LogP contribution in [0, 0.1) is 0 Å². The zero-order chi connectivity index (χ0) is 17.9. The molecule has 6 nitrogen and oxygen atoms in total. The second kappa shape index (κ2) is 7.43. The molecule has 26 heavy (non-hydrogen) atoms. The molecule has 2 N–H and O–H groups in total. The van der Waals surface area contributed by atoms with E-state index in [1.807, 2.05) is 47.2 Å². The van der Waals surface area contributed by atoms with Crippen molar-refractivity contribution in [1.29, 1.82) is 0 Å². The average molecular weight is 352 g/mol. The van der Waals surface area contributed by atoms with Crippen molar-refractivity contribution in [3.05, 3.63) is 48.3 Å². The normalized spacial score (nSPS) is 17.8. The van der Waals surface area contributed by atoms with Crippen molar-refractivity contribution >= 4 is 11.5 Å². The van der Waals surface area contributed by atoms with Crippen LogP contribution in [-0.4, -0.2) is 44.0 Å². The molecule has 1 aliphatic heterocycles. The molecule has 0 saturated carbocycles. The third-order valence-electron chi connectivity index (χ3n) is 5.19. The Hall–Kier alpha value is -2.44. The van der Waals surface area contributed by atoms with E-state index in [9.17, 15) is 10.2 Å². The number of aliphatic hydroxyl groups is 2. The maximum atomic E-state index is 9.42. The first-order valence-electron chi connectivity index (χ1n) is 9.22. The largest absolute Gasteiger partial charge is 0.396 e. The number of benzene rings is 1. The van der Waals surface area contributed by atoms with Crippen LogP contribution in [0.15, 0.2) is 42.7 Å². The Bertz CT molecular complexity index is 890. The average Bonchev–Trinajstić information content (AvgIpc) is 3.13. The molecule has 2 aromatic heterocycles. The van der Waals surface area contributed by atoms with Crippen molar-refractivity contribution in [3.63, 3.8) is 0 Å². The number of aromatic nitrogens is 3. The van der Waals surface area contributed by atoms with Crippen LogP contribution in [0.1, 0.15) is 31.2 Å². The number of aliphatic hydroxyl groups excluding tert-OH is 2. The Morgan fingerprint density at radius 1 is 1.15 bits per heavy atom. The van der Waals surface area contributed by atoms with Crippen LogP contribution in [0.25, 0.3) is 16.8 Å². The molecule has 1 fully saturated rings. The number of rotatable bonds is 5. The van der Waals surface area contributed by atoms with Gasteiger partial charge in [-0.05, 0) is 48.9 Å². The van der Waals surface area contributed by atoms with Crippen LogP contribution < -0.4 is 4.90 Å². The van der Waals surface area contributed by atoms with Gasteiger partial charge in [-0.1, -0.05) is 18.2 Å². The van der Waals surface area contributed by atoms with E-state index >= 15 is 0 Å². The van der Waals surface area contributed by atoms with Crippen molar-refractivity contribution < 1.29 is 10.2 Å². The standard InChI is InChI=1S/C20H24N4O2/c25-11-8-17-6-1-2-10-23(17)19-7-9-21-20-18(13-22-24(19)20)16-5-3-4-15(12-16)14-26/h3-5,7,9,12-13,17,25-26H,1-2,6,8,10-11,14H2. The van der Waals surface area contributed by atoms with Gasteiger partial charge < -0.3 is 15.1 Å². The molecule has 3 heterocycles. The topological polar surface area (TPSA) is 73.9 Å².